The standard InChI is InChI=1S/C23H20O4/c24-22(25)20(18-9-5-2-6-10-18)15-21(23(26)27)19-13-11-17(12-14-19)16-7-3-1-4-8-16/h1-14,20-21H,15H2,(H,24,25)(H,26,27). The van der Waals surface area contributed by atoms with Crippen molar-refractivity contribution in [2.45, 2.75) is 18.3 Å². The molecular weight excluding hydrogens is 340 g/mol. The molecule has 0 aliphatic heterocycles. The number of carbonyl (C=O) groups is 2. The molecule has 0 aliphatic rings. The molecule has 0 spiro atoms. The van der Waals surface area contributed by atoms with Gasteiger partial charge < -0.3 is 10.2 Å². The molecule has 0 radical (unpaired) electrons. The zero-order valence-electron chi connectivity index (χ0n) is 14.7. The molecule has 0 amide bonds. The molecule has 3 aromatic carbocycles. The SMILES string of the molecule is O=C(O)C(CC(C(=O)O)c1ccc(-c2ccccc2)cc1)c1ccccc1. The van der Waals surface area contributed by atoms with Crippen LogP contribution in [0.4, 0.5) is 0 Å². The smallest absolute Gasteiger partial charge is 0.311 e. The molecule has 0 aromatic heterocycles. The second kappa shape index (κ2) is 8.32. The highest BCUT2D eigenvalue weighted by molar-refractivity contribution is 5.81. The highest BCUT2D eigenvalue weighted by Crippen LogP contribution is 2.32. The van der Waals surface area contributed by atoms with Crippen LogP contribution in [0.25, 0.3) is 11.1 Å². The maximum Gasteiger partial charge on any atom is 0.311 e. The first-order valence-electron chi connectivity index (χ1n) is 8.72. The second-order valence-electron chi connectivity index (χ2n) is 6.42. The van der Waals surface area contributed by atoms with Gasteiger partial charge in [-0.05, 0) is 28.7 Å². The fourth-order valence-electron chi connectivity index (χ4n) is 3.22. The largest absolute Gasteiger partial charge is 0.481 e. The number of carboxylic acids is 2. The van der Waals surface area contributed by atoms with Crippen molar-refractivity contribution in [1.29, 1.82) is 0 Å². The highest BCUT2D eigenvalue weighted by atomic mass is 16.4. The van der Waals surface area contributed by atoms with E-state index in [4.69, 9.17) is 0 Å². The average molecular weight is 360 g/mol. The van der Waals surface area contributed by atoms with Crippen LogP contribution >= 0.6 is 0 Å². The van der Waals surface area contributed by atoms with E-state index >= 15 is 0 Å². The van der Waals surface area contributed by atoms with Crippen molar-refractivity contribution in [3.63, 3.8) is 0 Å². The third-order valence-electron chi connectivity index (χ3n) is 4.69. The molecule has 27 heavy (non-hydrogen) atoms. The van der Waals surface area contributed by atoms with E-state index in [1.807, 2.05) is 42.5 Å². The van der Waals surface area contributed by atoms with Crippen LogP contribution in [0.15, 0.2) is 84.9 Å². The lowest BCUT2D eigenvalue weighted by Crippen LogP contribution is -2.20. The molecule has 2 atom stereocenters. The van der Waals surface area contributed by atoms with Gasteiger partial charge >= 0.3 is 11.9 Å². The maximum atomic E-state index is 11.9. The van der Waals surface area contributed by atoms with E-state index in [1.54, 1.807) is 42.5 Å². The van der Waals surface area contributed by atoms with Crippen molar-refractivity contribution in [3.05, 3.63) is 96.1 Å². The first-order chi connectivity index (χ1) is 13.1. The molecule has 2 N–H and O–H groups in total. The van der Waals surface area contributed by atoms with E-state index in [9.17, 15) is 19.8 Å². The Balaban J connectivity index is 1.87. The van der Waals surface area contributed by atoms with Crippen LogP contribution in [0, 0.1) is 0 Å². The lowest BCUT2D eigenvalue weighted by Gasteiger charge is -2.19. The fourth-order valence-corrected chi connectivity index (χ4v) is 3.22. The molecule has 0 bridgehead atoms. The van der Waals surface area contributed by atoms with Crippen LogP contribution in [-0.4, -0.2) is 22.2 Å². The molecule has 4 nitrogen and oxygen atoms in total. The molecule has 0 aliphatic carbocycles. The zero-order chi connectivity index (χ0) is 19.2. The van der Waals surface area contributed by atoms with Gasteiger partial charge in [-0.15, -0.1) is 0 Å². The van der Waals surface area contributed by atoms with E-state index in [1.165, 1.54) is 0 Å². The molecule has 3 rings (SSSR count). The van der Waals surface area contributed by atoms with Crippen LogP contribution in [0.5, 0.6) is 0 Å². The number of hydrogen-bond donors (Lipinski definition) is 2. The number of aliphatic carboxylic acids is 2. The lowest BCUT2D eigenvalue weighted by molar-refractivity contribution is -0.141. The summed E-state index contributed by atoms with van der Waals surface area (Å²) in [6.07, 6.45) is -0.000631. The van der Waals surface area contributed by atoms with Crippen molar-refractivity contribution >= 4 is 11.9 Å². The minimum Gasteiger partial charge on any atom is -0.481 e. The van der Waals surface area contributed by atoms with Gasteiger partial charge in [0.1, 0.15) is 0 Å². The Morgan fingerprint density at radius 2 is 1.00 bits per heavy atom. The molecule has 4 heteroatoms. The Kier molecular flexibility index (Phi) is 5.67. The number of carboxylic acid groups (broad SMARTS) is 2. The van der Waals surface area contributed by atoms with Gasteiger partial charge in [-0.1, -0.05) is 84.9 Å². The van der Waals surface area contributed by atoms with Crippen LogP contribution < -0.4 is 0 Å². The van der Waals surface area contributed by atoms with Crippen LogP contribution in [-0.2, 0) is 9.59 Å². The summed E-state index contributed by atoms with van der Waals surface area (Å²) in [5.74, 6) is -3.81. The topological polar surface area (TPSA) is 74.6 Å². The van der Waals surface area contributed by atoms with Crippen LogP contribution in [0.1, 0.15) is 29.4 Å². The van der Waals surface area contributed by atoms with Gasteiger partial charge in [-0.2, -0.15) is 0 Å². The van der Waals surface area contributed by atoms with Gasteiger partial charge in [0.25, 0.3) is 0 Å². The Bertz CT molecular complexity index is 902. The Hall–Kier alpha value is -3.40. The normalized spacial score (nSPS) is 12.9. The summed E-state index contributed by atoms with van der Waals surface area (Å²) in [4.78, 5) is 23.6. The summed E-state index contributed by atoms with van der Waals surface area (Å²) < 4.78 is 0. The summed E-state index contributed by atoms with van der Waals surface area (Å²) in [5.41, 5.74) is 3.24. The summed E-state index contributed by atoms with van der Waals surface area (Å²) in [7, 11) is 0. The number of benzene rings is 3. The van der Waals surface area contributed by atoms with Crippen molar-refractivity contribution in [2.24, 2.45) is 0 Å². The summed E-state index contributed by atoms with van der Waals surface area (Å²) in [5, 5.41) is 19.3. The molecule has 0 saturated carbocycles. The van der Waals surface area contributed by atoms with E-state index in [0.717, 1.165) is 11.1 Å². The average Bonchev–Trinajstić information content (AvgIpc) is 2.70. The summed E-state index contributed by atoms with van der Waals surface area (Å²) in [6.45, 7) is 0. The molecular formula is C23H20O4. The monoisotopic (exact) mass is 360 g/mol. The van der Waals surface area contributed by atoms with E-state index < -0.39 is 23.8 Å². The summed E-state index contributed by atoms with van der Waals surface area (Å²) >= 11 is 0. The van der Waals surface area contributed by atoms with Crippen molar-refractivity contribution in [2.75, 3.05) is 0 Å². The Morgan fingerprint density at radius 3 is 1.48 bits per heavy atom. The van der Waals surface area contributed by atoms with E-state index in [0.29, 0.717) is 11.1 Å². The van der Waals surface area contributed by atoms with E-state index in [2.05, 4.69) is 0 Å². The van der Waals surface area contributed by atoms with Gasteiger partial charge in [0.15, 0.2) is 0 Å². The van der Waals surface area contributed by atoms with Crippen LogP contribution in [0.2, 0.25) is 0 Å². The minimum absolute atomic E-state index is 0.000631. The third-order valence-corrected chi connectivity index (χ3v) is 4.69. The van der Waals surface area contributed by atoms with Crippen molar-refractivity contribution < 1.29 is 19.8 Å². The second-order valence-corrected chi connectivity index (χ2v) is 6.42. The Labute approximate surface area is 157 Å². The first-order valence-corrected chi connectivity index (χ1v) is 8.72. The molecule has 136 valence electrons. The van der Waals surface area contributed by atoms with Crippen molar-refractivity contribution in [3.8, 4) is 11.1 Å². The van der Waals surface area contributed by atoms with Gasteiger partial charge in [0, 0.05) is 0 Å². The zero-order valence-corrected chi connectivity index (χ0v) is 14.7. The highest BCUT2D eigenvalue weighted by Gasteiger charge is 2.29. The van der Waals surface area contributed by atoms with Crippen molar-refractivity contribution in [1.82, 2.24) is 0 Å². The summed E-state index contributed by atoms with van der Waals surface area (Å²) in [6, 6.07) is 25.8. The van der Waals surface area contributed by atoms with Crippen LogP contribution in [0.3, 0.4) is 0 Å². The Morgan fingerprint density at radius 1 is 0.593 bits per heavy atom. The number of hydrogen-bond acceptors (Lipinski definition) is 2. The quantitative estimate of drug-likeness (QED) is 0.636. The molecule has 2 unspecified atom stereocenters. The van der Waals surface area contributed by atoms with Gasteiger partial charge in [0.2, 0.25) is 0 Å². The molecule has 3 aromatic rings. The fraction of sp³-hybridized carbons (Fsp3) is 0.130. The molecule has 0 heterocycles. The maximum absolute atomic E-state index is 11.9. The van der Waals surface area contributed by atoms with Gasteiger partial charge in [0.05, 0.1) is 11.8 Å². The van der Waals surface area contributed by atoms with Gasteiger partial charge in [-0.25, -0.2) is 0 Å². The predicted molar refractivity (Wildman–Crippen MR) is 104 cm³/mol. The third kappa shape index (κ3) is 4.42. The van der Waals surface area contributed by atoms with E-state index in [-0.39, 0.29) is 6.42 Å². The minimum atomic E-state index is -1.02. The van der Waals surface area contributed by atoms with Gasteiger partial charge in [-0.3, -0.25) is 9.59 Å². The molecule has 0 saturated heterocycles. The number of rotatable bonds is 7. The molecule has 0 fully saturated rings. The first kappa shape index (κ1) is 18.4. The predicted octanol–water partition coefficient (Wildman–Crippen LogP) is 4.78. The lowest BCUT2D eigenvalue weighted by atomic mass is 9.84.